The predicted molar refractivity (Wildman–Crippen MR) is 102 cm³/mol. The number of carboxylic acids is 1. The predicted octanol–water partition coefficient (Wildman–Crippen LogP) is 3.01. The highest BCUT2D eigenvalue weighted by Crippen LogP contribution is 2.23. The van der Waals surface area contributed by atoms with E-state index in [1.165, 1.54) is 4.90 Å². The van der Waals surface area contributed by atoms with Gasteiger partial charge in [-0.3, -0.25) is 4.79 Å². The number of carbonyl (C=O) groups excluding carboxylic acids is 2. The third-order valence-corrected chi connectivity index (χ3v) is 4.34. The molecule has 1 aliphatic rings. The van der Waals surface area contributed by atoms with Crippen LogP contribution in [-0.2, 0) is 20.9 Å². The van der Waals surface area contributed by atoms with Gasteiger partial charge in [0.1, 0.15) is 12.2 Å². The Kier molecular flexibility index (Phi) is 7.25. The minimum absolute atomic E-state index is 0.132. The average molecular weight is 392 g/mol. The van der Waals surface area contributed by atoms with Crippen molar-refractivity contribution in [3.05, 3.63) is 35.9 Å². The van der Waals surface area contributed by atoms with Crippen LogP contribution in [0.15, 0.2) is 30.3 Å². The Morgan fingerprint density at radius 3 is 2.50 bits per heavy atom. The van der Waals surface area contributed by atoms with Crippen molar-refractivity contribution in [3.63, 3.8) is 0 Å². The van der Waals surface area contributed by atoms with Crippen molar-refractivity contribution in [2.75, 3.05) is 13.1 Å². The number of rotatable bonds is 5. The Bertz CT molecular complexity index is 686. The fourth-order valence-electron chi connectivity index (χ4n) is 3.06. The molecule has 2 amide bonds. The molecule has 2 unspecified atom stereocenters. The zero-order chi connectivity index (χ0) is 20.7. The number of ether oxygens (including phenoxy) is 2. The Morgan fingerprint density at radius 1 is 1.21 bits per heavy atom. The number of piperidine rings is 1. The number of nitrogens with one attached hydrogen (secondary N) is 1. The van der Waals surface area contributed by atoms with E-state index in [4.69, 9.17) is 9.47 Å². The lowest BCUT2D eigenvalue weighted by molar-refractivity contribution is -0.138. The quantitative estimate of drug-likeness (QED) is 0.798. The molecule has 8 heteroatoms. The lowest BCUT2D eigenvalue weighted by atomic mass is 9.89. The lowest BCUT2D eigenvalue weighted by Crippen LogP contribution is -2.53. The van der Waals surface area contributed by atoms with Gasteiger partial charge in [-0.1, -0.05) is 30.3 Å². The second kappa shape index (κ2) is 9.43. The Hall–Kier alpha value is -2.77. The molecule has 0 aromatic heterocycles. The molecule has 1 fully saturated rings. The topological polar surface area (TPSA) is 105 Å². The smallest absolute Gasteiger partial charge is 0.410 e. The van der Waals surface area contributed by atoms with E-state index in [0.717, 1.165) is 5.56 Å². The van der Waals surface area contributed by atoms with E-state index < -0.39 is 35.7 Å². The lowest BCUT2D eigenvalue weighted by Gasteiger charge is -2.38. The van der Waals surface area contributed by atoms with E-state index in [9.17, 15) is 19.5 Å². The van der Waals surface area contributed by atoms with E-state index in [2.05, 4.69) is 5.32 Å². The third kappa shape index (κ3) is 7.09. The van der Waals surface area contributed by atoms with Crippen LogP contribution in [0.4, 0.5) is 9.59 Å². The molecular formula is C20H28N2O6. The number of aliphatic carboxylic acids is 1. The van der Waals surface area contributed by atoms with Crippen molar-refractivity contribution in [3.8, 4) is 0 Å². The summed E-state index contributed by atoms with van der Waals surface area (Å²) in [6.07, 6.45) is -0.816. The highest BCUT2D eigenvalue weighted by molar-refractivity contribution is 5.71. The van der Waals surface area contributed by atoms with Crippen LogP contribution in [0.5, 0.6) is 0 Å². The summed E-state index contributed by atoms with van der Waals surface area (Å²) in [5, 5.41) is 12.0. The van der Waals surface area contributed by atoms with Crippen LogP contribution in [0, 0.1) is 5.92 Å². The first kappa shape index (κ1) is 21.5. The monoisotopic (exact) mass is 392 g/mol. The number of hydrogen-bond donors (Lipinski definition) is 2. The molecule has 2 rings (SSSR count). The first-order chi connectivity index (χ1) is 13.1. The van der Waals surface area contributed by atoms with Crippen LogP contribution in [-0.4, -0.2) is 52.9 Å². The van der Waals surface area contributed by atoms with E-state index >= 15 is 0 Å². The van der Waals surface area contributed by atoms with Crippen LogP contribution < -0.4 is 5.32 Å². The molecular weight excluding hydrogens is 364 g/mol. The van der Waals surface area contributed by atoms with Crippen molar-refractivity contribution in [2.24, 2.45) is 5.92 Å². The van der Waals surface area contributed by atoms with E-state index in [-0.39, 0.29) is 19.6 Å². The van der Waals surface area contributed by atoms with Crippen molar-refractivity contribution < 1.29 is 29.0 Å². The number of benzene rings is 1. The summed E-state index contributed by atoms with van der Waals surface area (Å²) >= 11 is 0. The van der Waals surface area contributed by atoms with Gasteiger partial charge in [0.2, 0.25) is 0 Å². The van der Waals surface area contributed by atoms with Gasteiger partial charge in [-0.15, -0.1) is 0 Å². The van der Waals surface area contributed by atoms with Crippen molar-refractivity contribution in [1.82, 2.24) is 10.2 Å². The van der Waals surface area contributed by atoms with Crippen molar-refractivity contribution in [1.29, 1.82) is 0 Å². The molecule has 1 aromatic rings. The highest BCUT2D eigenvalue weighted by Gasteiger charge is 2.35. The first-order valence-corrected chi connectivity index (χ1v) is 9.31. The second-order valence-corrected chi connectivity index (χ2v) is 7.89. The fraction of sp³-hybridized carbons (Fsp3) is 0.550. The number of likely N-dealkylation sites (tertiary alicyclic amines) is 1. The molecule has 1 heterocycles. The molecule has 2 N–H and O–H groups in total. The number of alkyl carbamates (subject to hydrolysis) is 1. The fourth-order valence-corrected chi connectivity index (χ4v) is 3.06. The summed E-state index contributed by atoms with van der Waals surface area (Å²) in [4.78, 5) is 37.1. The van der Waals surface area contributed by atoms with Gasteiger partial charge in [0.25, 0.3) is 0 Å². The summed E-state index contributed by atoms with van der Waals surface area (Å²) in [6, 6.07) is 8.88. The molecule has 1 aliphatic heterocycles. The second-order valence-electron chi connectivity index (χ2n) is 7.89. The van der Waals surface area contributed by atoms with E-state index in [0.29, 0.717) is 13.0 Å². The maximum absolute atomic E-state index is 12.3. The van der Waals surface area contributed by atoms with Crippen molar-refractivity contribution >= 4 is 18.2 Å². The van der Waals surface area contributed by atoms with Gasteiger partial charge in [-0.25, -0.2) is 9.59 Å². The molecule has 0 aliphatic carbocycles. The molecule has 8 nitrogen and oxygen atoms in total. The summed E-state index contributed by atoms with van der Waals surface area (Å²) < 4.78 is 10.6. The Labute approximate surface area is 164 Å². The zero-order valence-electron chi connectivity index (χ0n) is 16.5. The van der Waals surface area contributed by atoms with Gasteiger partial charge in [0, 0.05) is 25.0 Å². The summed E-state index contributed by atoms with van der Waals surface area (Å²) in [6.45, 7) is 6.02. The van der Waals surface area contributed by atoms with E-state index in [1.807, 2.05) is 30.3 Å². The Morgan fingerprint density at radius 2 is 1.89 bits per heavy atom. The number of carbonyl (C=O) groups is 3. The maximum atomic E-state index is 12.3. The van der Waals surface area contributed by atoms with Gasteiger partial charge < -0.3 is 24.8 Å². The minimum Gasteiger partial charge on any atom is -0.481 e. The van der Waals surface area contributed by atoms with Crippen LogP contribution in [0.3, 0.4) is 0 Å². The average Bonchev–Trinajstić information content (AvgIpc) is 2.60. The minimum atomic E-state index is -0.986. The Balaban J connectivity index is 1.92. The molecule has 0 radical (unpaired) electrons. The van der Waals surface area contributed by atoms with Gasteiger partial charge in [-0.2, -0.15) is 0 Å². The van der Waals surface area contributed by atoms with Gasteiger partial charge in [-0.05, 0) is 32.8 Å². The molecule has 0 saturated carbocycles. The number of amides is 2. The number of hydrogen-bond acceptors (Lipinski definition) is 5. The molecule has 28 heavy (non-hydrogen) atoms. The van der Waals surface area contributed by atoms with Crippen molar-refractivity contribution in [2.45, 2.75) is 51.9 Å². The molecule has 1 aromatic carbocycles. The normalized spacial score (nSPS) is 19.6. The summed E-state index contributed by atoms with van der Waals surface area (Å²) in [5.74, 6) is -1.41. The van der Waals surface area contributed by atoms with Crippen LogP contribution in [0.25, 0.3) is 0 Å². The standard InChI is InChI=1S/C20H28N2O6/c1-20(2,3)28-19(26)22-10-9-16(15(12-22)11-17(23)24)21-18(25)27-13-14-7-5-4-6-8-14/h4-8,15-16H,9-13H2,1-3H3,(H,21,25)(H,23,24). The van der Waals surface area contributed by atoms with Crippen LogP contribution in [0.2, 0.25) is 0 Å². The molecule has 2 atom stereocenters. The van der Waals surface area contributed by atoms with Gasteiger partial charge in [0.05, 0.1) is 6.42 Å². The summed E-state index contributed by atoms with van der Waals surface area (Å²) in [7, 11) is 0. The molecule has 0 bridgehead atoms. The number of nitrogens with zero attached hydrogens (tertiary/aromatic N) is 1. The molecule has 1 saturated heterocycles. The summed E-state index contributed by atoms with van der Waals surface area (Å²) in [5.41, 5.74) is 0.231. The van der Waals surface area contributed by atoms with E-state index in [1.54, 1.807) is 20.8 Å². The van der Waals surface area contributed by atoms with Crippen LogP contribution >= 0.6 is 0 Å². The maximum Gasteiger partial charge on any atom is 0.410 e. The molecule has 0 spiro atoms. The molecule has 154 valence electrons. The van der Waals surface area contributed by atoms with Crippen LogP contribution in [0.1, 0.15) is 39.2 Å². The number of carboxylic acid groups (broad SMARTS) is 1. The largest absolute Gasteiger partial charge is 0.481 e. The third-order valence-electron chi connectivity index (χ3n) is 4.34. The zero-order valence-corrected chi connectivity index (χ0v) is 16.5. The highest BCUT2D eigenvalue weighted by atomic mass is 16.6. The van der Waals surface area contributed by atoms with Gasteiger partial charge >= 0.3 is 18.2 Å². The SMILES string of the molecule is CC(C)(C)OC(=O)N1CCC(NC(=O)OCc2ccccc2)C(CC(=O)O)C1. The van der Waals surface area contributed by atoms with Gasteiger partial charge in [0.15, 0.2) is 0 Å². The first-order valence-electron chi connectivity index (χ1n) is 9.31.